The summed E-state index contributed by atoms with van der Waals surface area (Å²) < 4.78 is 29.9. The lowest BCUT2D eigenvalue weighted by Crippen LogP contribution is -2.26. The zero-order valence-electron chi connectivity index (χ0n) is 14.7. The van der Waals surface area contributed by atoms with E-state index in [-0.39, 0.29) is 34.4 Å². The molecule has 0 atom stereocenters. The highest BCUT2D eigenvalue weighted by Crippen LogP contribution is 2.44. The van der Waals surface area contributed by atoms with Gasteiger partial charge in [-0.3, -0.25) is 14.1 Å². The topological polar surface area (TPSA) is 117 Å². The molecule has 1 aromatic carbocycles. The van der Waals surface area contributed by atoms with E-state index in [0.717, 1.165) is 22.1 Å². The zero-order valence-corrected chi connectivity index (χ0v) is 17.1. The number of nitrogens with zero attached hydrogens (tertiary/aromatic N) is 5. The minimum atomic E-state index is -3.62. The second kappa shape index (κ2) is 6.54. The van der Waals surface area contributed by atoms with E-state index >= 15 is 0 Å². The van der Waals surface area contributed by atoms with E-state index in [1.54, 1.807) is 12.1 Å². The van der Waals surface area contributed by atoms with Gasteiger partial charge < -0.3 is 10.0 Å². The van der Waals surface area contributed by atoms with Crippen LogP contribution >= 0.6 is 23.1 Å². The molecule has 0 saturated heterocycles. The van der Waals surface area contributed by atoms with Crippen LogP contribution in [0.3, 0.4) is 0 Å². The fraction of sp³-hybridized carbons (Fsp3) is 0.250. The third-order valence-corrected chi connectivity index (χ3v) is 6.56. The molecule has 1 amide bonds. The highest BCUT2D eigenvalue weighted by Gasteiger charge is 2.37. The van der Waals surface area contributed by atoms with Gasteiger partial charge in [-0.05, 0) is 35.3 Å². The molecule has 1 N–H and O–H groups in total. The van der Waals surface area contributed by atoms with Gasteiger partial charge in [0.15, 0.2) is 11.6 Å². The van der Waals surface area contributed by atoms with Crippen molar-refractivity contribution < 1.29 is 18.3 Å². The summed E-state index contributed by atoms with van der Waals surface area (Å²) in [6.07, 6.45) is 2.54. The number of pyridine rings is 1. The fourth-order valence-electron chi connectivity index (χ4n) is 3.25. The van der Waals surface area contributed by atoms with Gasteiger partial charge in [-0.15, -0.1) is 0 Å². The zero-order chi connectivity index (χ0) is 20.2. The predicted molar refractivity (Wildman–Crippen MR) is 105 cm³/mol. The van der Waals surface area contributed by atoms with E-state index in [4.69, 9.17) is 11.6 Å². The number of anilines is 1. The van der Waals surface area contributed by atoms with Crippen molar-refractivity contribution in [3.63, 3.8) is 0 Å². The first-order chi connectivity index (χ1) is 13.2. The maximum absolute atomic E-state index is 13.0. The summed E-state index contributed by atoms with van der Waals surface area (Å²) >= 11 is 6.81. The van der Waals surface area contributed by atoms with E-state index in [2.05, 4.69) is 14.3 Å². The number of sulfonamides is 1. The molecule has 0 unspecified atom stereocenters. The van der Waals surface area contributed by atoms with Gasteiger partial charge in [0.1, 0.15) is 5.52 Å². The van der Waals surface area contributed by atoms with Crippen molar-refractivity contribution in [1.82, 2.24) is 19.2 Å². The third kappa shape index (κ3) is 2.95. The number of aromatic hydroxyl groups is 1. The van der Waals surface area contributed by atoms with Crippen LogP contribution in [-0.4, -0.2) is 52.0 Å². The highest BCUT2D eigenvalue weighted by molar-refractivity contribution is 7.92. The van der Waals surface area contributed by atoms with Crippen LogP contribution in [0.1, 0.15) is 21.7 Å². The maximum Gasteiger partial charge on any atom is 0.258 e. The smallest absolute Gasteiger partial charge is 0.258 e. The van der Waals surface area contributed by atoms with Crippen LogP contribution in [0, 0.1) is 0 Å². The van der Waals surface area contributed by atoms with E-state index in [9.17, 15) is 18.3 Å². The first-order valence-corrected chi connectivity index (χ1v) is 11.0. The van der Waals surface area contributed by atoms with Crippen LogP contribution in [0.15, 0.2) is 18.3 Å². The van der Waals surface area contributed by atoms with Crippen LogP contribution in [-0.2, 0) is 23.1 Å². The van der Waals surface area contributed by atoms with Crippen LogP contribution in [0.2, 0.25) is 4.47 Å². The number of aromatic nitrogens is 3. The summed E-state index contributed by atoms with van der Waals surface area (Å²) in [6.45, 7) is 0.181. The van der Waals surface area contributed by atoms with E-state index in [1.165, 1.54) is 18.1 Å². The summed E-state index contributed by atoms with van der Waals surface area (Å²) in [6, 6.07) is 3.30. The van der Waals surface area contributed by atoms with Gasteiger partial charge >= 0.3 is 0 Å². The van der Waals surface area contributed by atoms with E-state index in [0.29, 0.717) is 22.5 Å². The molecule has 3 heterocycles. The van der Waals surface area contributed by atoms with Gasteiger partial charge in [-0.2, -0.15) is 4.37 Å². The molecule has 0 fully saturated rings. The molecule has 1 aliphatic rings. The number of hydrogen-bond acceptors (Lipinski definition) is 8. The molecule has 0 aliphatic carbocycles. The Morgan fingerprint density at radius 3 is 2.82 bits per heavy atom. The molecule has 4 rings (SSSR count). The van der Waals surface area contributed by atoms with Gasteiger partial charge in [0.2, 0.25) is 14.5 Å². The van der Waals surface area contributed by atoms with Crippen LogP contribution in [0.25, 0.3) is 10.9 Å². The molecule has 2 aromatic heterocycles. The quantitative estimate of drug-likeness (QED) is 0.660. The number of hydrogen-bond donors (Lipinski definition) is 1. The molecule has 0 spiro atoms. The lowest BCUT2D eigenvalue weighted by Gasteiger charge is -2.22. The Hall–Kier alpha value is -2.50. The number of rotatable bonds is 4. The van der Waals surface area contributed by atoms with Crippen molar-refractivity contribution in [3.05, 3.63) is 39.7 Å². The molecular weight excluding hydrogens is 426 g/mol. The average molecular weight is 440 g/mol. The molecule has 3 aromatic rings. The van der Waals surface area contributed by atoms with E-state index in [1.807, 2.05) is 0 Å². The van der Waals surface area contributed by atoms with Gasteiger partial charge in [-0.1, -0.05) is 0 Å². The molecule has 0 bridgehead atoms. The number of phenolic OH excluding ortho intramolecular Hbond substituents is 1. The Balaban J connectivity index is 1.91. The lowest BCUT2D eigenvalue weighted by molar-refractivity contribution is 0.0761. The molecular formula is C16H14ClN5O4S2. The minimum absolute atomic E-state index is 0.0398. The van der Waals surface area contributed by atoms with Crippen molar-refractivity contribution in [2.45, 2.75) is 13.1 Å². The highest BCUT2D eigenvalue weighted by atomic mass is 35.5. The molecule has 12 heteroatoms. The summed E-state index contributed by atoms with van der Waals surface area (Å²) in [7, 11) is -2.21. The first-order valence-electron chi connectivity index (χ1n) is 8.02. The fourth-order valence-corrected chi connectivity index (χ4v) is 4.42. The standard InChI is InChI=1S/C16H14ClN5O4S2/c1-21(28(2,25)26)13-8-4-3-5-18-12(8)14(23)11-9(13)6-22(15(11)24)7-10-19-16(17)27-20-10/h3-5,23H,6-7H2,1-2H3. The monoisotopic (exact) mass is 439 g/mol. The second-order valence-electron chi connectivity index (χ2n) is 6.31. The van der Waals surface area contributed by atoms with Crippen LogP contribution in [0.5, 0.6) is 5.75 Å². The number of amides is 1. The van der Waals surface area contributed by atoms with Gasteiger partial charge in [0, 0.05) is 30.7 Å². The Bertz CT molecular complexity index is 1230. The van der Waals surface area contributed by atoms with Crippen molar-refractivity contribution in [3.8, 4) is 5.75 Å². The Morgan fingerprint density at radius 1 is 1.43 bits per heavy atom. The Labute approximate surface area is 169 Å². The van der Waals surface area contributed by atoms with Crippen LogP contribution < -0.4 is 4.31 Å². The Morgan fingerprint density at radius 2 is 2.18 bits per heavy atom. The minimum Gasteiger partial charge on any atom is -0.505 e. The summed E-state index contributed by atoms with van der Waals surface area (Å²) in [4.78, 5) is 22.6. The number of fused-ring (bicyclic) bond motifs is 2. The first kappa shape index (κ1) is 18.8. The second-order valence-corrected chi connectivity index (χ2v) is 9.65. The van der Waals surface area contributed by atoms with Crippen molar-refractivity contribution >= 4 is 55.7 Å². The molecule has 1 aliphatic heterocycles. The van der Waals surface area contributed by atoms with Gasteiger partial charge in [0.25, 0.3) is 5.91 Å². The number of carbonyl (C=O) groups excluding carboxylic acids is 1. The predicted octanol–water partition coefficient (Wildman–Crippen LogP) is 2.00. The summed E-state index contributed by atoms with van der Waals surface area (Å²) in [5, 5.41) is 11.2. The number of carbonyl (C=O) groups is 1. The van der Waals surface area contributed by atoms with Gasteiger partial charge in [-0.25, -0.2) is 13.4 Å². The van der Waals surface area contributed by atoms with Gasteiger partial charge in [0.05, 0.1) is 24.1 Å². The molecule has 0 saturated carbocycles. The number of phenols is 1. The Kier molecular flexibility index (Phi) is 4.40. The normalized spacial score (nSPS) is 14.0. The number of halogens is 1. The molecule has 146 valence electrons. The van der Waals surface area contributed by atoms with Crippen molar-refractivity contribution in [1.29, 1.82) is 0 Å². The summed E-state index contributed by atoms with van der Waals surface area (Å²) in [5.74, 6) is -0.349. The molecule has 9 nitrogen and oxygen atoms in total. The lowest BCUT2D eigenvalue weighted by atomic mass is 10.0. The largest absolute Gasteiger partial charge is 0.505 e. The third-order valence-electron chi connectivity index (χ3n) is 4.55. The molecule has 28 heavy (non-hydrogen) atoms. The molecule has 0 radical (unpaired) electrons. The SMILES string of the molecule is CN(c1c2c(c(O)c3ncccc13)C(=O)N(Cc1nsc(Cl)n1)C2)S(C)(=O)=O. The van der Waals surface area contributed by atoms with Crippen LogP contribution in [0.4, 0.5) is 5.69 Å². The number of benzene rings is 1. The van der Waals surface area contributed by atoms with E-state index < -0.39 is 15.9 Å². The maximum atomic E-state index is 13.0. The van der Waals surface area contributed by atoms with Crippen molar-refractivity contribution in [2.75, 3.05) is 17.6 Å². The average Bonchev–Trinajstić information content (AvgIpc) is 3.18. The summed E-state index contributed by atoms with van der Waals surface area (Å²) in [5.41, 5.74) is 0.936. The van der Waals surface area contributed by atoms with Crippen molar-refractivity contribution in [2.24, 2.45) is 0 Å².